The minimum atomic E-state index is 0.352. The van der Waals surface area contributed by atoms with E-state index in [0.29, 0.717) is 13.2 Å². The first-order chi connectivity index (χ1) is 10.4. The van der Waals surface area contributed by atoms with Crippen molar-refractivity contribution in [3.63, 3.8) is 0 Å². The summed E-state index contributed by atoms with van der Waals surface area (Å²) < 4.78 is 5.70. The van der Waals surface area contributed by atoms with E-state index in [-0.39, 0.29) is 0 Å². The van der Waals surface area contributed by atoms with Crippen molar-refractivity contribution >= 4 is 0 Å². The van der Waals surface area contributed by atoms with Gasteiger partial charge >= 0.3 is 0 Å². The van der Waals surface area contributed by atoms with Gasteiger partial charge in [-0.2, -0.15) is 0 Å². The lowest BCUT2D eigenvalue weighted by Gasteiger charge is -2.06. The van der Waals surface area contributed by atoms with E-state index in [1.165, 1.54) is 5.56 Å². The number of pyridine rings is 1. The lowest BCUT2D eigenvalue weighted by Crippen LogP contribution is -1.99. The van der Waals surface area contributed by atoms with Crippen LogP contribution in [0.3, 0.4) is 0 Å². The fraction of sp³-hybridized carbons (Fsp3) is 0.278. The highest BCUT2D eigenvalue weighted by molar-refractivity contribution is 5.36. The highest BCUT2D eigenvalue weighted by Gasteiger charge is 1.97. The van der Waals surface area contributed by atoms with Crippen LogP contribution in [0.15, 0.2) is 48.8 Å². The van der Waals surface area contributed by atoms with Crippen LogP contribution in [0.25, 0.3) is 0 Å². The number of hydrogen-bond donors (Lipinski definition) is 1. The lowest BCUT2D eigenvalue weighted by molar-refractivity contribution is 0.305. The van der Waals surface area contributed by atoms with Gasteiger partial charge in [0, 0.05) is 11.8 Å². The van der Waals surface area contributed by atoms with Crippen LogP contribution in [0.4, 0.5) is 0 Å². The first-order valence-corrected chi connectivity index (χ1v) is 7.19. The van der Waals surface area contributed by atoms with E-state index >= 15 is 0 Å². The minimum Gasteiger partial charge on any atom is -0.492 e. The second-order valence-corrected chi connectivity index (χ2v) is 4.71. The van der Waals surface area contributed by atoms with Crippen LogP contribution in [0.5, 0.6) is 5.75 Å². The van der Waals surface area contributed by atoms with E-state index in [1.54, 1.807) is 12.4 Å². The van der Waals surface area contributed by atoms with Crippen LogP contribution in [0.2, 0.25) is 0 Å². The van der Waals surface area contributed by atoms with Crippen molar-refractivity contribution in [2.24, 2.45) is 5.73 Å². The second-order valence-electron chi connectivity index (χ2n) is 4.71. The van der Waals surface area contributed by atoms with Crippen LogP contribution in [0, 0.1) is 11.8 Å². The molecule has 3 heteroatoms. The van der Waals surface area contributed by atoms with Crippen molar-refractivity contribution in [3.8, 4) is 17.6 Å². The number of unbranched alkanes of at least 4 members (excludes halogenated alkanes) is 1. The van der Waals surface area contributed by atoms with Crippen molar-refractivity contribution in [3.05, 3.63) is 59.9 Å². The lowest BCUT2D eigenvalue weighted by atomic mass is 10.1. The Kier molecular flexibility index (Phi) is 6.31. The SMILES string of the molecule is NCC#Cc1cncc(OCCCCc2ccccc2)c1. The molecule has 2 rings (SSSR count). The zero-order valence-electron chi connectivity index (χ0n) is 12.1. The van der Waals surface area contributed by atoms with E-state index in [2.05, 4.69) is 41.1 Å². The van der Waals surface area contributed by atoms with Gasteiger partial charge in [-0.05, 0) is 30.9 Å². The minimum absolute atomic E-state index is 0.352. The molecular formula is C18H20N2O. The first kappa shape index (κ1) is 15.1. The Bertz CT molecular complexity index is 599. The molecule has 0 fully saturated rings. The van der Waals surface area contributed by atoms with Crippen LogP contribution in [-0.4, -0.2) is 18.1 Å². The van der Waals surface area contributed by atoms with E-state index in [0.717, 1.165) is 30.6 Å². The summed E-state index contributed by atoms with van der Waals surface area (Å²) in [6.07, 6.45) is 6.65. The molecule has 108 valence electrons. The number of benzene rings is 1. The van der Waals surface area contributed by atoms with E-state index in [9.17, 15) is 0 Å². The first-order valence-electron chi connectivity index (χ1n) is 7.19. The highest BCUT2D eigenvalue weighted by Crippen LogP contribution is 2.11. The molecule has 3 nitrogen and oxygen atoms in total. The average molecular weight is 280 g/mol. The standard InChI is InChI=1S/C18H20N2O/c19-11-6-10-17-13-18(15-20-14-17)21-12-5-4-9-16-7-2-1-3-8-16/h1-3,7-8,13-15H,4-5,9,11-12,19H2. The Morgan fingerprint density at radius 3 is 2.76 bits per heavy atom. The molecule has 0 spiro atoms. The quantitative estimate of drug-likeness (QED) is 0.654. The zero-order valence-corrected chi connectivity index (χ0v) is 12.1. The molecule has 0 aliphatic carbocycles. The smallest absolute Gasteiger partial charge is 0.138 e. The molecule has 21 heavy (non-hydrogen) atoms. The van der Waals surface area contributed by atoms with E-state index in [1.807, 2.05) is 12.1 Å². The molecule has 0 saturated heterocycles. The van der Waals surface area contributed by atoms with Crippen LogP contribution >= 0.6 is 0 Å². The Morgan fingerprint density at radius 2 is 1.95 bits per heavy atom. The molecule has 1 aromatic carbocycles. The van der Waals surface area contributed by atoms with Gasteiger partial charge < -0.3 is 10.5 Å². The third kappa shape index (κ3) is 5.68. The fourth-order valence-corrected chi connectivity index (χ4v) is 1.99. The predicted octanol–water partition coefficient (Wildman–Crippen LogP) is 2.79. The van der Waals surface area contributed by atoms with Crippen LogP contribution in [-0.2, 0) is 6.42 Å². The fourth-order valence-electron chi connectivity index (χ4n) is 1.99. The van der Waals surface area contributed by atoms with Gasteiger partial charge in [-0.15, -0.1) is 0 Å². The van der Waals surface area contributed by atoms with Gasteiger partial charge in [0.15, 0.2) is 0 Å². The number of hydrogen-bond acceptors (Lipinski definition) is 3. The van der Waals surface area contributed by atoms with Crippen molar-refractivity contribution in [2.45, 2.75) is 19.3 Å². The number of nitrogens with zero attached hydrogens (tertiary/aromatic N) is 1. The van der Waals surface area contributed by atoms with Gasteiger partial charge in [-0.25, -0.2) is 0 Å². The maximum atomic E-state index is 5.70. The summed E-state index contributed by atoms with van der Waals surface area (Å²) in [7, 11) is 0. The molecule has 1 aromatic heterocycles. The van der Waals surface area contributed by atoms with E-state index < -0.39 is 0 Å². The average Bonchev–Trinajstić information content (AvgIpc) is 2.54. The summed E-state index contributed by atoms with van der Waals surface area (Å²) in [5.41, 5.74) is 7.56. The highest BCUT2D eigenvalue weighted by atomic mass is 16.5. The van der Waals surface area contributed by atoms with Crippen molar-refractivity contribution < 1.29 is 4.74 Å². The number of aromatic nitrogens is 1. The topological polar surface area (TPSA) is 48.1 Å². The van der Waals surface area contributed by atoms with Crippen molar-refractivity contribution in [1.82, 2.24) is 4.98 Å². The Morgan fingerprint density at radius 1 is 1.10 bits per heavy atom. The molecule has 0 amide bonds. The molecule has 0 radical (unpaired) electrons. The monoisotopic (exact) mass is 280 g/mol. The summed E-state index contributed by atoms with van der Waals surface area (Å²) in [4.78, 5) is 4.12. The van der Waals surface area contributed by atoms with Gasteiger partial charge in [-0.1, -0.05) is 42.2 Å². The van der Waals surface area contributed by atoms with Crippen molar-refractivity contribution in [2.75, 3.05) is 13.2 Å². The van der Waals surface area contributed by atoms with Gasteiger partial charge in [0.05, 0.1) is 19.3 Å². The van der Waals surface area contributed by atoms with Gasteiger partial charge in [-0.3, -0.25) is 4.98 Å². The van der Waals surface area contributed by atoms with Crippen LogP contribution in [0.1, 0.15) is 24.0 Å². The molecule has 0 unspecified atom stereocenters. The number of aryl methyl sites for hydroxylation is 1. The Hall–Kier alpha value is -2.31. The Balaban J connectivity index is 1.71. The van der Waals surface area contributed by atoms with Gasteiger partial charge in [0.1, 0.15) is 5.75 Å². The maximum absolute atomic E-state index is 5.70. The molecule has 0 bridgehead atoms. The largest absolute Gasteiger partial charge is 0.492 e. The molecule has 2 aromatic rings. The molecule has 2 N–H and O–H groups in total. The molecule has 0 aliphatic rings. The van der Waals surface area contributed by atoms with Gasteiger partial charge in [0.25, 0.3) is 0 Å². The number of ether oxygens (including phenoxy) is 1. The summed E-state index contributed by atoms with van der Waals surface area (Å²) in [6, 6.07) is 12.4. The van der Waals surface area contributed by atoms with Gasteiger partial charge in [0.2, 0.25) is 0 Å². The molecule has 1 heterocycles. The number of rotatable bonds is 6. The molecule has 0 saturated carbocycles. The third-order valence-electron chi connectivity index (χ3n) is 3.02. The zero-order chi connectivity index (χ0) is 14.8. The Labute approximate surface area is 126 Å². The summed E-state index contributed by atoms with van der Waals surface area (Å²) in [5, 5.41) is 0. The summed E-state index contributed by atoms with van der Waals surface area (Å²) in [6.45, 7) is 1.05. The maximum Gasteiger partial charge on any atom is 0.138 e. The molecular weight excluding hydrogens is 260 g/mol. The predicted molar refractivity (Wildman–Crippen MR) is 85.0 cm³/mol. The second kappa shape index (κ2) is 8.78. The van der Waals surface area contributed by atoms with Crippen LogP contribution < -0.4 is 10.5 Å². The number of nitrogens with two attached hydrogens (primary N) is 1. The summed E-state index contributed by atoms with van der Waals surface area (Å²) in [5.74, 6) is 6.52. The normalized spacial score (nSPS) is 9.76. The van der Waals surface area contributed by atoms with Crippen molar-refractivity contribution in [1.29, 1.82) is 0 Å². The summed E-state index contributed by atoms with van der Waals surface area (Å²) >= 11 is 0. The third-order valence-corrected chi connectivity index (χ3v) is 3.02. The van der Waals surface area contributed by atoms with E-state index in [4.69, 9.17) is 10.5 Å². The molecule has 0 atom stereocenters. The molecule has 0 aliphatic heterocycles.